The maximum atomic E-state index is 8.75. The van der Waals surface area contributed by atoms with E-state index < -0.39 is 0 Å². The maximum Gasteiger partial charge on any atom is 0.0494 e. The average Bonchev–Trinajstić information content (AvgIpc) is 2.09. The Bertz CT molecular complexity index is 270. The van der Waals surface area contributed by atoms with Crippen LogP contribution < -0.4 is 0 Å². The molecule has 0 aliphatic rings. The lowest BCUT2D eigenvalue weighted by Crippen LogP contribution is -1.99. The third kappa shape index (κ3) is 3.67. The van der Waals surface area contributed by atoms with Crippen LogP contribution in [-0.4, -0.2) is 21.9 Å². The van der Waals surface area contributed by atoms with Gasteiger partial charge in [0.05, 0.1) is 0 Å². The Labute approximate surface area is 90.9 Å². The van der Waals surface area contributed by atoms with Crippen molar-refractivity contribution < 1.29 is 5.11 Å². The van der Waals surface area contributed by atoms with Crippen LogP contribution in [-0.2, 0) is 0 Å². The zero-order chi connectivity index (χ0) is 9.68. The zero-order valence-corrected chi connectivity index (χ0v) is 9.81. The van der Waals surface area contributed by atoms with Gasteiger partial charge in [-0.3, -0.25) is 4.98 Å². The van der Waals surface area contributed by atoms with Crippen LogP contribution in [0.5, 0.6) is 0 Å². The van der Waals surface area contributed by atoms with Crippen LogP contribution in [0.4, 0.5) is 0 Å². The molecule has 0 aliphatic carbocycles. The van der Waals surface area contributed by atoms with Crippen molar-refractivity contribution in [2.75, 3.05) is 6.61 Å². The Kier molecular flexibility index (Phi) is 4.77. The van der Waals surface area contributed by atoms with Gasteiger partial charge in [0.15, 0.2) is 0 Å². The largest absolute Gasteiger partial charge is 0.396 e. The molecule has 0 aliphatic heterocycles. The molecular weight excluding hydrogens is 250 g/mol. The zero-order valence-electron chi connectivity index (χ0n) is 7.40. The average molecular weight is 262 g/mol. The van der Waals surface area contributed by atoms with Crippen molar-refractivity contribution in [2.24, 2.45) is 0 Å². The summed E-state index contributed by atoms with van der Waals surface area (Å²) in [4.78, 5) is 5.17. The summed E-state index contributed by atoms with van der Waals surface area (Å²) in [6.45, 7) is 2.35. The molecule has 4 heteroatoms. The van der Waals surface area contributed by atoms with Crippen molar-refractivity contribution >= 4 is 27.7 Å². The van der Waals surface area contributed by atoms with Gasteiger partial charge < -0.3 is 5.11 Å². The second-order valence-corrected chi connectivity index (χ2v) is 5.08. The molecule has 1 atom stereocenters. The van der Waals surface area contributed by atoms with E-state index in [0.29, 0.717) is 5.25 Å². The minimum Gasteiger partial charge on any atom is -0.396 e. The summed E-state index contributed by atoms with van der Waals surface area (Å²) in [6, 6.07) is 1.97. The van der Waals surface area contributed by atoms with Crippen molar-refractivity contribution in [1.82, 2.24) is 4.98 Å². The quantitative estimate of drug-likeness (QED) is 0.847. The summed E-state index contributed by atoms with van der Waals surface area (Å²) in [6.07, 6.45) is 4.38. The summed E-state index contributed by atoms with van der Waals surface area (Å²) in [5.41, 5.74) is 0. The van der Waals surface area contributed by atoms with Crippen molar-refractivity contribution in [3.05, 3.63) is 22.9 Å². The summed E-state index contributed by atoms with van der Waals surface area (Å²) in [7, 11) is 0. The fourth-order valence-corrected chi connectivity index (χ4v) is 2.41. The van der Waals surface area contributed by atoms with E-state index in [-0.39, 0.29) is 6.61 Å². The molecule has 1 unspecified atom stereocenters. The van der Waals surface area contributed by atoms with Gasteiger partial charge in [0, 0.05) is 33.6 Å². The van der Waals surface area contributed by atoms with Crippen LogP contribution in [0, 0.1) is 0 Å². The number of aliphatic hydroxyl groups is 1. The predicted molar refractivity (Wildman–Crippen MR) is 59.0 cm³/mol. The molecule has 1 N–H and O–H groups in total. The standard InChI is InChI=1S/C9H12BrNOS/c1-7(3-5-12)13-9-2-4-11-6-8(9)10/h2,4,6-7,12H,3,5H2,1H3. The first-order valence-corrected chi connectivity index (χ1v) is 5.78. The van der Waals surface area contributed by atoms with Crippen LogP contribution in [0.25, 0.3) is 0 Å². The van der Waals surface area contributed by atoms with Gasteiger partial charge in [-0.15, -0.1) is 11.8 Å². The summed E-state index contributed by atoms with van der Waals surface area (Å²) in [5.74, 6) is 0. The molecule has 0 fully saturated rings. The Morgan fingerprint density at radius 3 is 3.08 bits per heavy atom. The topological polar surface area (TPSA) is 33.1 Å². The first kappa shape index (κ1) is 11.0. The van der Waals surface area contributed by atoms with Crippen molar-refractivity contribution in [3.8, 4) is 0 Å². The molecule has 0 saturated carbocycles. The Balaban J connectivity index is 2.58. The second-order valence-electron chi connectivity index (χ2n) is 2.75. The van der Waals surface area contributed by atoms with E-state index in [1.54, 1.807) is 24.2 Å². The van der Waals surface area contributed by atoms with Gasteiger partial charge in [0.25, 0.3) is 0 Å². The number of halogens is 1. The summed E-state index contributed by atoms with van der Waals surface area (Å²) < 4.78 is 1.02. The molecule has 1 heterocycles. The SMILES string of the molecule is CC(CCO)Sc1ccncc1Br. The van der Waals surface area contributed by atoms with Gasteiger partial charge in [-0.1, -0.05) is 6.92 Å². The van der Waals surface area contributed by atoms with E-state index >= 15 is 0 Å². The molecule has 2 nitrogen and oxygen atoms in total. The third-order valence-corrected chi connectivity index (χ3v) is 3.74. The molecule has 0 aromatic carbocycles. The third-order valence-electron chi connectivity index (χ3n) is 1.60. The van der Waals surface area contributed by atoms with Gasteiger partial charge in [0.2, 0.25) is 0 Å². The van der Waals surface area contributed by atoms with Crippen molar-refractivity contribution in [1.29, 1.82) is 0 Å². The lowest BCUT2D eigenvalue weighted by molar-refractivity contribution is 0.289. The van der Waals surface area contributed by atoms with Gasteiger partial charge >= 0.3 is 0 Å². The Hall–Kier alpha value is -0.0600. The van der Waals surface area contributed by atoms with Crippen LogP contribution in [0.2, 0.25) is 0 Å². The highest BCUT2D eigenvalue weighted by molar-refractivity contribution is 9.10. The number of aliphatic hydroxyl groups excluding tert-OH is 1. The first-order valence-electron chi connectivity index (χ1n) is 4.11. The Morgan fingerprint density at radius 2 is 2.46 bits per heavy atom. The van der Waals surface area contributed by atoms with Gasteiger partial charge in [-0.25, -0.2) is 0 Å². The fraction of sp³-hybridized carbons (Fsp3) is 0.444. The second kappa shape index (κ2) is 5.62. The lowest BCUT2D eigenvalue weighted by Gasteiger charge is -2.09. The molecule has 0 saturated heterocycles. The number of hydrogen-bond donors (Lipinski definition) is 1. The number of hydrogen-bond acceptors (Lipinski definition) is 3. The van der Waals surface area contributed by atoms with E-state index in [9.17, 15) is 0 Å². The molecule has 0 radical (unpaired) electrons. The van der Waals surface area contributed by atoms with E-state index in [2.05, 4.69) is 27.8 Å². The van der Waals surface area contributed by atoms with Crippen LogP contribution in [0.15, 0.2) is 27.8 Å². The van der Waals surface area contributed by atoms with Crippen molar-refractivity contribution in [3.63, 3.8) is 0 Å². The molecule has 1 rings (SSSR count). The van der Waals surface area contributed by atoms with E-state index in [4.69, 9.17) is 5.11 Å². The lowest BCUT2D eigenvalue weighted by atomic mass is 10.3. The molecule has 0 amide bonds. The molecule has 0 spiro atoms. The summed E-state index contributed by atoms with van der Waals surface area (Å²) >= 11 is 5.18. The predicted octanol–water partition coefficient (Wildman–Crippen LogP) is 2.71. The Morgan fingerprint density at radius 1 is 1.69 bits per heavy atom. The molecule has 72 valence electrons. The number of rotatable bonds is 4. The van der Waals surface area contributed by atoms with Crippen molar-refractivity contribution in [2.45, 2.75) is 23.5 Å². The maximum absolute atomic E-state index is 8.75. The minimum absolute atomic E-state index is 0.247. The van der Waals surface area contributed by atoms with Gasteiger partial charge in [0.1, 0.15) is 0 Å². The molecule has 1 aromatic rings. The monoisotopic (exact) mass is 261 g/mol. The fourth-order valence-electron chi connectivity index (χ4n) is 0.915. The molecular formula is C9H12BrNOS. The van der Waals surface area contributed by atoms with Crippen LogP contribution in [0.1, 0.15) is 13.3 Å². The number of aromatic nitrogens is 1. The molecule has 13 heavy (non-hydrogen) atoms. The van der Waals surface area contributed by atoms with Gasteiger partial charge in [-0.2, -0.15) is 0 Å². The smallest absolute Gasteiger partial charge is 0.0494 e. The highest BCUT2D eigenvalue weighted by Crippen LogP contribution is 2.30. The summed E-state index contributed by atoms with van der Waals surface area (Å²) in [5, 5.41) is 9.18. The van der Waals surface area contributed by atoms with Gasteiger partial charge in [-0.05, 0) is 28.4 Å². The number of pyridine rings is 1. The van der Waals surface area contributed by atoms with Crippen LogP contribution in [0.3, 0.4) is 0 Å². The highest BCUT2D eigenvalue weighted by Gasteiger charge is 2.06. The first-order chi connectivity index (χ1) is 6.24. The number of thioether (sulfide) groups is 1. The minimum atomic E-state index is 0.247. The molecule has 0 bridgehead atoms. The van der Waals surface area contributed by atoms with E-state index in [1.807, 2.05) is 6.07 Å². The van der Waals surface area contributed by atoms with Crippen LogP contribution >= 0.6 is 27.7 Å². The normalized spacial score (nSPS) is 12.8. The van der Waals surface area contributed by atoms with E-state index in [1.165, 1.54) is 4.90 Å². The highest BCUT2D eigenvalue weighted by atomic mass is 79.9. The number of nitrogens with zero attached hydrogens (tertiary/aromatic N) is 1. The van der Waals surface area contributed by atoms with E-state index in [0.717, 1.165) is 10.9 Å². The molecule has 1 aromatic heterocycles.